The number of carboxylic acids is 1. The molecule has 0 bridgehead atoms. The number of benzene rings is 1. The lowest BCUT2D eigenvalue weighted by Crippen LogP contribution is -2.00. The van der Waals surface area contributed by atoms with Gasteiger partial charge >= 0.3 is 5.97 Å². The summed E-state index contributed by atoms with van der Waals surface area (Å²) in [4.78, 5) is 10.4. The highest BCUT2D eigenvalue weighted by Crippen LogP contribution is 2.29. The van der Waals surface area contributed by atoms with Crippen LogP contribution >= 0.6 is 8.46 Å². The quantitative estimate of drug-likeness (QED) is 0.752. The minimum atomic E-state index is -0.933. The van der Waals surface area contributed by atoms with Gasteiger partial charge in [0.25, 0.3) is 0 Å². The van der Waals surface area contributed by atoms with Crippen molar-refractivity contribution in [1.29, 1.82) is 0 Å². The van der Waals surface area contributed by atoms with Crippen LogP contribution in [0.2, 0.25) is 0 Å². The molecule has 0 amide bonds. The summed E-state index contributed by atoms with van der Waals surface area (Å²) in [6.07, 6.45) is -0.102. The van der Waals surface area contributed by atoms with Crippen molar-refractivity contribution in [3.8, 4) is 0 Å². The molecule has 1 aromatic carbocycles. The number of rotatable bonds is 4. The van der Waals surface area contributed by atoms with E-state index >= 15 is 0 Å². The first-order valence-electron chi connectivity index (χ1n) is 3.83. The van der Waals surface area contributed by atoms with Crippen LogP contribution in [0.3, 0.4) is 0 Å². The van der Waals surface area contributed by atoms with Gasteiger partial charge in [-0.25, -0.2) is 0 Å². The Morgan fingerprint density at radius 1 is 1.38 bits per heavy atom. The first-order chi connectivity index (χ1) is 6.24. The Morgan fingerprint density at radius 2 is 2.00 bits per heavy atom. The topological polar surface area (TPSA) is 54.4 Å². The van der Waals surface area contributed by atoms with Gasteiger partial charge in [0.1, 0.15) is 0 Å². The fourth-order valence-corrected chi connectivity index (χ4v) is 1.58. The second-order valence-corrected chi connectivity index (χ2v) is 3.46. The van der Waals surface area contributed by atoms with E-state index in [0.29, 0.717) is 0 Å². The summed E-state index contributed by atoms with van der Waals surface area (Å²) in [7, 11) is -0.146. The second-order valence-electron chi connectivity index (χ2n) is 2.63. The van der Waals surface area contributed by atoms with E-state index in [0.717, 1.165) is 5.56 Å². The Kier molecular flexibility index (Phi) is 3.59. The van der Waals surface area contributed by atoms with Crippen LogP contribution in [-0.2, 0) is 9.36 Å². The molecule has 3 nitrogen and oxygen atoms in total. The van der Waals surface area contributed by atoms with Crippen molar-refractivity contribution >= 4 is 14.4 Å². The molecule has 0 aliphatic carbocycles. The van der Waals surface area contributed by atoms with Gasteiger partial charge in [0, 0.05) is 0 Å². The first kappa shape index (κ1) is 9.87. The molecule has 1 rings (SSSR count). The molecular weight excluding hydrogens is 187 g/mol. The molecule has 1 atom stereocenters. The van der Waals surface area contributed by atoms with Crippen molar-refractivity contribution < 1.29 is 14.5 Å². The number of aliphatic carboxylic acids is 1. The van der Waals surface area contributed by atoms with E-state index in [9.17, 15) is 9.36 Å². The van der Waals surface area contributed by atoms with Gasteiger partial charge in [0.05, 0.1) is 12.1 Å². The van der Waals surface area contributed by atoms with Crippen molar-refractivity contribution in [2.75, 3.05) is 0 Å². The van der Waals surface area contributed by atoms with Crippen LogP contribution < -0.4 is 0 Å². The summed E-state index contributed by atoms with van der Waals surface area (Å²) in [5.74, 6) is -0.933. The summed E-state index contributed by atoms with van der Waals surface area (Å²) in [6, 6.07) is 8.99. The number of hydrogen-bond donors (Lipinski definition) is 1. The Hall–Kier alpha value is -1.21. The van der Waals surface area contributed by atoms with E-state index in [4.69, 9.17) is 5.11 Å². The van der Waals surface area contributed by atoms with E-state index in [1.165, 1.54) is 0 Å². The standard InChI is InChI=1S/C9H9O3P/c10-9(11)6-8(13-12)7-4-2-1-3-5-7/h1-5,8H,6H2,(H,10,11). The van der Waals surface area contributed by atoms with Gasteiger partial charge in [0.15, 0.2) is 8.46 Å². The molecule has 0 saturated carbocycles. The lowest BCUT2D eigenvalue weighted by atomic mass is 10.1. The predicted molar refractivity (Wildman–Crippen MR) is 49.0 cm³/mol. The van der Waals surface area contributed by atoms with E-state index in [2.05, 4.69) is 0 Å². The third kappa shape index (κ3) is 2.96. The zero-order chi connectivity index (χ0) is 9.68. The molecule has 0 fully saturated rings. The number of carbonyl (C=O) groups is 1. The highest BCUT2D eigenvalue weighted by atomic mass is 31.1. The lowest BCUT2D eigenvalue weighted by molar-refractivity contribution is -0.137. The molecule has 1 aromatic rings. The van der Waals surface area contributed by atoms with Crippen LogP contribution in [0.1, 0.15) is 17.6 Å². The number of hydrogen-bond acceptors (Lipinski definition) is 2. The second kappa shape index (κ2) is 4.73. The maximum atomic E-state index is 10.7. The van der Waals surface area contributed by atoms with Crippen molar-refractivity contribution in [1.82, 2.24) is 0 Å². The fraction of sp³-hybridized carbons (Fsp3) is 0.222. The van der Waals surface area contributed by atoms with Gasteiger partial charge in [-0.05, 0) is 5.56 Å². The molecule has 0 aliphatic rings. The molecule has 1 N–H and O–H groups in total. The summed E-state index contributed by atoms with van der Waals surface area (Å²) in [5, 5.41) is 8.53. The maximum Gasteiger partial charge on any atom is 0.304 e. The van der Waals surface area contributed by atoms with Crippen molar-refractivity contribution in [2.24, 2.45) is 0 Å². The summed E-state index contributed by atoms with van der Waals surface area (Å²) in [6.45, 7) is 0. The molecule has 68 valence electrons. The average molecular weight is 196 g/mol. The third-order valence-corrected chi connectivity index (χ3v) is 2.41. The van der Waals surface area contributed by atoms with Gasteiger partial charge in [-0.2, -0.15) is 0 Å². The van der Waals surface area contributed by atoms with Crippen LogP contribution in [-0.4, -0.2) is 11.1 Å². The normalized spacial score (nSPS) is 12.6. The highest BCUT2D eigenvalue weighted by Gasteiger charge is 2.14. The zero-order valence-corrected chi connectivity index (χ0v) is 7.78. The smallest absolute Gasteiger partial charge is 0.304 e. The first-order valence-corrected chi connectivity index (χ1v) is 4.71. The predicted octanol–water partition coefficient (Wildman–Crippen LogP) is 2.49. The Morgan fingerprint density at radius 3 is 2.46 bits per heavy atom. The zero-order valence-electron chi connectivity index (χ0n) is 6.88. The molecule has 0 radical (unpaired) electrons. The average Bonchev–Trinajstić information content (AvgIpc) is 2.15. The molecule has 0 aromatic heterocycles. The van der Waals surface area contributed by atoms with Crippen LogP contribution in [0.15, 0.2) is 30.3 Å². The van der Waals surface area contributed by atoms with Crippen molar-refractivity contribution in [3.63, 3.8) is 0 Å². The molecule has 0 heterocycles. The van der Waals surface area contributed by atoms with Gasteiger partial charge in [-0.15, -0.1) is 0 Å². The largest absolute Gasteiger partial charge is 0.481 e. The van der Waals surface area contributed by atoms with Gasteiger partial charge in [-0.1, -0.05) is 30.3 Å². The molecule has 0 aliphatic heterocycles. The summed E-state index contributed by atoms with van der Waals surface area (Å²) in [5.41, 5.74) is 0.361. The number of carboxylic acid groups (broad SMARTS) is 1. The molecule has 0 saturated heterocycles. The lowest BCUT2D eigenvalue weighted by Gasteiger charge is -2.05. The fourth-order valence-electron chi connectivity index (χ4n) is 1.06. The maximum absolute atomic E-state index is 10.7. The molecule has 1 unspecified atom stereocenters. The molecular formula is C9H9O3P. The molecule has 0 spiro atoms. The van der Waals surface area contributed by atoms with Crippen LogP contribution in [0, 0.1) is 0 Å². The van der Waals surface area contributed by atoms with Crippen LogP contribution in [0.25, 0.3) is 0 Å². The van der Waals surface area contributed by atoms with Gasteiger partial charge in [0.2, 0.25) is 0 Å². The van der Waals surface area contributed by atoms with E-state index in [-0.39, 0.29) is 14.9 Å². The monoisotopic (exact) mass is 196 g/mol. The SMILES string of the molecule is O=PC(CC(=O)O)c1ccccc1. The van der Waals surface area contributed by atoms with Crippen LogP contribution in [0.4, 0.5) is 0 Å². The van der Waals surface area contributed by atoms with E-state index in [1.807, 2.05) is 6.07 Å². The molecule has 13 heavy (non-hydrogen) atoms. The summed E-state index contributed by atoms with van der Waals surface area (Å²) < 4.78 is 10.7. The van der Waals surface area contributed by atoms with Gasteiger partial charge < -0.3 is 5.11 Å². The highest BCUT2D eigenvalue weighted by molar-refractivity contribution is 7.24. The van der Waals surface area contributed by atoms with Crippen LogP contribution in [0.5, 0.6) is 0 Å². The summed E-state index contributed by atoms with van der Waals surface area (Å²) >= 11 is 0. The van der Waals surface area contributed by atoms with Crippen molar-refractivity contribution in [3.05, 3.63) is 35.9 Å². The van der Waals surface area contributed by atoms with Gasteiger partial charge in [-0.3, -0.25) is 9.36 Å². The minimum absolute atomic E-state index is 0.102. The molecule has 4 heteroatoms. The minimum Gasteiger partial charge on any atom is -0.481 e. The Bertz CT molecular complexity index is 297. The van der Waals surface area contributed by atoms with E-state index < -0.39 is 11.6 Å². The Labute approximate surface area is 77.6 Å². The van der Waals surface area contributed by atoms with E-state index in [1.54, 1.807) is 24.3 Å². The Balaban J connectivity index is 2.78. The van der Waals surface area contributed by atoms with Crippen molar-refractivity contribution in [2.45, 2.75) is 12.1 Å². The third-order valence-electron chi connectivity index (χ3n) is 1.68.